The molecule has 1 heterocycles. The fraction of sp³-hybridized carbons (Fsp3) is 0.316. The molecule has 5 nitrogen and oxygen atoms in total. The Bertz CT molecular complexity index is 900. The van der Waals surface area contributed by atoms with Gasteiger partial charge in [-0.15, -0.1) is 11.8 Å². The van der Waals surface area contributed by atoms with Crippen molar-refractivity contribution in [1.82, 2.24) is 0 Å². The van der Waals surface area contributed by atoms with Crippen LogP contribution < -0.4 is 10.1 Å². The number of hydrogen-bond acceptors (Lipinski definition) is 5. The van der Waals surface area contributed by atoms with Gasteiger partial charge in [-0.2, -0.15) is 0 Å². The minimum atomic E-state index is -2.93. The molecule has 0 aromatic heterocycles. The highest BCUT2D eigenvalue weighted by atomic mass is 32.2. The third-order valence-corrected chi connectivity index (χ3v) is 7.36. The van der Waals surface area contributed by atoms with Gasteiger partial charge in [0.1, 0.15) is 18.2 Å². The van der Waals surface area contributed by atoms with Gasteiger partial charge in [0.25, 0.3) is 0 Å². The number of halogens is 1. The summed E-state index contributed by atoms with van der Waals surface area (Å²) in [6, 6.07) is 13.1. The summed E-state index contributed by atoms with van der Waals surface area (Å²) in [4.78, 5) is 12.1. The number of amides is 1. The average molecular weight is 410 g/mol. The number of nitrogens with one attached hydrogen (secondary N) is 1. The van der Waals surface area contributed by atoms with Crippen LogP contribution in [0.3, 0.4) is 0 Å². The first-order valence-corrected chi connectivity index (χ1v) is 11.4. The summed E-state index contributed by atoms with van der Waals surface area (Å²) in [6.07, 6.45) is 0.604. The van der Waals surface area contributed by atoms with Crippen LogP contribution in [-0.4, -0.2) is 36.8 Å². The van der Waals surface area contributed by atoms with E-state index in [4.69, 9.17) is 4.74 Å². The molecule has 2 aromatic carbocycles. The molecular weight excluding hydrogens is 389 g/mol. The highest BCUT2D eigenvalue weighted by molar-refractivity contribution is 8.02. The maximum atomic E-state index is 12.9. The molecule has 0 aliphatic carbocycles. The van der Waals surface area contributed by atoms with E-state index in [0.717, 1.165) is 5.56 Å². The van der Waals surface area contributed by atoms with Crippen LogP contribution in [0.1, 0.15) is 12.0 Å². The van der Waals surface area contributed by atoms with Crippen LogP contribution in [0.15, 0.2) is 48.5 Å². The predicted octanol–water partition coefficient (Wildman–Crippen LogP) is 3.26. The highest BCUT2D eigenvalue weighted by Crippen LogP contribution is 2.25. The van der Waals surface area contributed by atoms with Gasteiger partial charge in [0.05, 0.1) is 17.3 Å². The number of thioether (sulfide) groups is 1. The summed E-state index contributed by atoms with van der Waals surface area (Å²) in [5, 5.41) is 2.79. The number of anilines is 1. The number of hydrogen-bond donors (Lipinski definition) is 1. The summed E-state index contributed by atoms with van der Waals surface area (Å²) in [5.41, 5.74) is 1.45. The number of benzene rings is 2. The third kappa shape index (κ3) is 6.25. The topological polar surface area (TPSA) is 72.5 Å². The zero-order chi connectivity index (χ0) is 19.3. The molecule has 144 valence electrons. The van der Waals surface area contributed by atoms with Crippen LogP contribution in [-0.2, 0) is 21.2 Å². The van der Waals surface area contributed by atoms with E-state index >= 15 is 0 Å². The standard InChI is InChI=1S/C19H20FNO4S2/c20-15-6-4-14(5-7-15)11-25-17-3-1-2-16(10-17)21-19(22)12-26-18-8-9-27(23,24)13-18/h1-7,10,18H,8-9,11-13H2,(H,21,22)/t18-/m1/s1. The quantitative estimate of drug-likeness (QED) is 0.760. The van der Waals surface area contributed by atoms with Crippen LogP contribution >= 0.6 is 11.8 Å². The third-order valence-electron chi connectivity index (χ3n) is 4.08. The second-order valence-corrected chi connectivity index (χ2v) is 9.84. The second-order valence-electron chi connectivity index (χ2n) is 6.33. The van der Waals surface area contributed by atoms with Crippen LogP contribution in [0.2, 0.25) is 0 Å². The molecule has 8 heteroatoms. The van der Waals surface area contributed by atoms with Crippen molar-refractivity contribution in [3.63, 3.8) is 0 Å². The molecule has 1 aliphatic rings. The zero-order valence-electron chi connectivity index (χ0n) is 14.6. The Morgan fingerprint density at radius 2 is 2.00 bits per heavy atom. The predicted molar refractivity (Wildman–Crippen MR) is 105 cm³/mol. The van der Waals surface area contributed by atoms with E-state index in [-0.39, 0.29) is 34.2 Å². The summed E-state index contributed by atoms with van der Waals surface area (Å²) in [5.74, 6) is 0.682. The molecule has 1 amide bonds. The molecule has 0 spiro atoms. The van der Waals surface area contributed by atoms with Gasteiger partial charge < -0.3 is 10.1 Å². The number of sulfone groups is 1. The number of carbonyl (C=O) groups excluding carboxylic acids is 1. The first-order chi connectivity index (χ1) is 12.9. The van der Waals surface area contributed by atoms with Crippen molar-refractivity contribution in [1.29, 1.82) is 0 Å². The van der Waals surface area contributed by atoms with Gasteiger partial charge >= 0.3 is 0 Å². The first kappa shape index (κ1) is 19.7. The van der Waals surface area contributed by atoms with Gasteiger partial charge in [0.15, 0.2) is 9.84 Å². The average Bonchev–Trinajstić information content (AvgIpc) is 2.99. The molecule has 2 aromatic rings. The maximum Gasteiger partial charge on any atom is 0.234 e. The fourth-order valence-corrected chi connectivity index (χ4v) is 6.14. The van der Waals surface area contributed by atoms with Crippen molar-refractivity contribution >= 4 is 33.2 Å². The largest absolute Gasteiger partial charge is 0.489 e. The van der Waals surface area contributed by atoms with Gasteiger partial charge in [-0.3, -0.25) is 4.79 Å². The SMILES string of the molecule is O=C(CS[C@@H]1CCS(=O)(=O)C1)Nc1cccc(OCc2ccc(F)cc2)c1. The van der Waals surface area contributed by atoms with E-state index in [1.807, 2.05) is 0 Å². The van der Waals surface area contributed by atoms with E-state index in [9.17, 15) is 17.6 Å². The van der Waals surface area contributed by atoms with Crippen LogP contribution in [0, 0.1) is 5.82 Å². The molecule has 27 heavy (non-hydrogen) atoms. The van der Waals surface area contributed by atoms with Crippen LogP contribution in [0.5, 0.6) is 5.75 Å². The second kappa shape index (κ2) is 8.75. The van der Waals surface area contributed by atoms with Gasteiger partial charge in [-0.25, -0.2) is 12.8 Å². The molecular formula is C19H20FNO4S2. The van der Waals surface area contributed by atoms with Gasteiger partial charge in [0.2, 0.25) is 5.91 Å². The minimum Gasteiger partial charge on any atom is -0.489 e. The Labute approximate surface area is 162 Å². The lowest BCUT2D eigenvalue weighted by Gasteiger charge is -2.10. The Hall–Kier alpha value is -2.06. The van der Waals surface area contributed by atoms with Crippen molar-refractivity contribution in [3.05, 3.63) is 59.9 Å². The smallest absolute Gasteiger partial charge is 0.234 e. The molecule has 1 aliphatic heterocycles. The Kier molecular flexibility index (Phi) is 6.38. The van der Waals surface area contributed by atoms with Crippen molar-refractivity contribution in [2.45, 2.75) is 18.3 Å². The van der Waals surface area contributed by atoms with Crippen LogP contribution in [0.4, 0.5) is 10.1 Å². The molecule has 3 rings (SSSR count). The minimum absolute atomic E-state index is 0.00822. The Morgan fingerprint density at radius 1 is 1.22 bits per heavy atom. The summed E-state index contributed by atoms with van der Waals surface area (Å²) < 4.78 is 41.5. The first-order valence-electron chi connectivity index (χ1n) is 8.49. The monoisotopic (exact) mass is 409 g/mol. The summed E-state index contributed by atoms with van der Waals surface area (Å²) in [6.45, 7) is 0.295. The number of ether oxygens (including phenoxy) is 1. The Balaban J connectivity index is 1.48. The molecule has 0 bridgehead atoms. The molecule has 0 radical (unpaired) electrons. The molecule has 1 N–H and O–H groups in total. The molecule has 1 fully saturated rings. The van der Waals surface area contributed by atoms with Gasteiger partial charge in [-0.05, 0) is 36.2 Å². The van der Waals surface area contributed by atoms with Crippen molar-refractivity contribution in [2.75, 3.05) is 22.6 Å². The lowest BCUT2D eigenvalue weighted by molar-refractivity contribution is -0.113. The lowest BCUT2D eigenvalue weighted by Crippen LogP contribution is -2.17. The van der Waals surface area contributed by atoms with Gasteiger partial charge in [0, 0.05) is 17.0 Å². The zero-order valence-corrected chi connectivity index (χ0v) is 16.2. The van der Waals surface area contributed by atoms with E-state index in [1.54, 1.807) is 36.4 Å². The number of carbonyl (C=O) groups is 1. The van der Waals surface area contributed by atoms with E-state index in [0.29, 0.717) is 24.5 Å². The fourth-order valence-electron chi connectivity index (χ4n) is 2.69. The van der Waals surface area contributed by atoms with Gasteiger partial charge in [-0.1, -0.05) is 18.2 Å². The molecule has 0 saturated carbocycles. The maximum absolute atomic E-state index is 12.9. The molecule has 0 unspecified atom stereocenters. The van der Waals surface area contributed by atoms with Crippen molar-refractivity contribution in [2.24, 2.45) is 0 Å². The molecule has 1 saturated heterocycles. The highest BCUT2D eigenvalue weighted by Gasteiger charge is 2.28. The van der Waals surface area contributed by atoms with Crippen LogP contribution in [0.25, 0.3) is 0 Å². The Morgan fingerprint density at radius 3 is 2.70 bits per heavy atom. The number of rotatable bonds is 7. The van der Waals surface area contributed by atoms with E-state index in [2.05, 4.69) is 5.32 Å². The summed E-state index contributed by atoms with van der Waals surface area (Å²) in [7, 11) is -2.93. The van der Waals surface area contributed by atoms with Crippen molar-refractivity contribution in [3.8, 4) is 5.75 Å². The van der Waals surface area contributed by atoms with Crippen molar-refractivity contribution < 1.29 is 22.3 Å². The van der Waals surface area contributed by atoms with E-state index < -0.39 is 9.84 Å². The van der Waals surface area contributed by atoms with E-state index in [1.165, 1.54) is 23.9 Å². The summed E-state index contributed by atoms with van der Waals surface area (Å²) >= 11 is 1.37. The normalized spacial score (nSPS) is 18.2. The lowest BCUT2D eigenvalue weighted by atomic mass is 10.2. The molecule has 1 atom stereocenters.